The molecular formula is C23H36N4O2S2. The molecule has 3 rings (SSSR count). The van der Waals surface area contributed by atoms with Crippen LogP contribution in [0.3, 0.4) is 0 Å². The van der Waals surface area contributed by atoms with Gasteiger partial charge in [0.25, 0.3) is 0 Å². The molecule has 1 unspecified atom stereocenters. The van der Waals surface area contributed by atoms with Crippen LogP contribution in [0, 0.1) is 5.92 Å². The number of hydrogen-bond acceptors (Lipinski definition) is 6. The van der Waals surface area contributed by atoms with Crippen LogP contribution >= 0.6 is 23.5 Å². The minimum absolute atomic E-state index is 0.0868. The van der Waals surface area contributed by atoms with Gasteiger partial charge in [-0.3, -0.25) is 14.9 Å². The number of amides is 2. The summed E-state index contributed by atoms with van der Waals surface area (Å²) in [6.45, 7) is 1.29. The lowest BCUT2D eigenvalue weighted by Crippen LogP contribution is -2.52. The Morgan fingerprint density at radius 2 is 1.94 bits per heavy atom. The van der Waals surface area contributed by atoms with Crippen molar-refractivity contribution < 1.29 is 9.59 Å². The molecule has 2 aliphatic rings. The monoisotopic (exact) mass is 464 g/mol. The Balaban J connectivity index is 1.52. The predicted octanol–water partition coefficient (Wildman–Crippen LogP) is 2.83. The number of benzene rings is 1. The highest BCUT2D eigenvalue weighted by atomic mass is 32.2. The fraction of sp³-hybridized carbons (Fsp3) is 0.652. The summed E-state index contributed by atoms with van der Waals surface area (Å²) in [6.07, 6.45) is 6.58. The molecule has 0 radical (unpaired) electrons. The van der Waals surface area contributed by atoms with E-state index >= 15 is 0 Å². The van der Waals surface area contributed by atoms with Crippen LogP contribution in [0.5, 0.6) is 0 Å². The van der Waals surface area contributed by atoms with Crippen LogP contribution in [0.25, 0.3) is 0 Å². The maximum Gasteiger partial charge on any atom is 0.248 e. The second-order valence-corrected chi connectivity index (χ2v) is 10.9. The normalized spacial score (nSPS) is 20.3. The zero-order valence-electron chi connectivity index (χ0n) is 18.7. The molecule has 1 saturated carbocycles. The topological polar surface area (TPSA) is 73.5 Å². The summed E-state index contributed by atoms with van der Waals surface area (Å²) in [5.74, 6) is 3.17. The molecule has 1 aromatic carbocycles. The first-order chi connectivity index (χ1) is 15.0. The maximum atomic E-state index is 12.9. The molecule has 0 aromatic heterocycles. The van der Waals surface area contributed by atoms with Crippen molar-refractivity contribution in [3.63, 3.8) is 0 Å². The number of anilines is 1. The number of nitrogens with zero attached hydrogens (tertiary/aromatic N) is 1. The molecule has 31 heavy (non-hydrogen) atoms. The van der Waals surface area contributed by atoms with E-state index in [1.54, 1.807) is 23.5 Å². The Hall–Kier alpha value is -1.38. The zero-order valence-corrected chi connectivity index (χ0v) is 20.3. The maximum absolute atomic E-state index is 12.9. The van der Waals surface area contributed by atoms with Crippen molar-refractivity contribution in [2.24, 2.45) is 5.92 Å². The van der Waals surface area contributed by atoms with Gasteiger partial charge in [-0.2, -0.15) is 11.8 Å². The van der Waals surface area contributed by atoms with Crippen LogP contribution in [-0.2, 0) is 16.1 Å². The first kappa shape index (κ1) is 24.3. The van der Waals surface area contributed by atoms with Gasteiger partial charge in [0.05, 0.1) is 0 Å². The highest BCUT2D eigenvalue weighted by Crippen LogP contribution is 2.27. The standard InChI is InChI=1S/C23H36N4O2S2/c1-27(2)19-10-8-17(9-11-19)14-25-21(28)20(26-22(29)23-24-12-13-31-23)16-30-15-18-6-4-3-5-7-18/h8-11,18,20,23-24H,3-7,12-16H2,1-2H3,(H,25,28)(H,26,29)/t20-,23?/m0/s1. The molecule has 8 heteroatoms. The largest absolute Gasteiger partial charge is 0.378 e. The second kappa shape index (κ2) is 12.6. The van der Waals surface area contributed by atoms with Gasteiger partial charge < -0.3 is 15.5 Å². The van der Waals surface area contributed by atoms with E-state index < -0.39 is 6.04 Å². The zero-order chi connectivity index (χ0) is 22.1. The van der Waals surface area contributed by atoms with E-state index in [4.69, 9.17) is 0 Å². The number of hydrogen-bond donors (Lipinski definition) is 3. The fourth-order valence-electron chi connectivity index (χ4n) is 3.96. The quantitative estimate of drug-likeness (QED) is 0.495. The van der Waals surface area contributed by atoms with Crippen LogP contribution in [0.1, 0.15) is 37.7 Å². The summed E-state index contributed by atoms with van der Waals surface area (Å²) in [7, 11) is 4.01. The van der Waals surface area contributed by atoms with Gasteiger partial charge in [-0.15, -0.1) is 11.8 Å². The Morgan fingerprint density at radius 1 is 1.19 bits per heavy atom. The van der Waals surface area contributed by atoms with E-state index in [1.807, 2.05) is 43.3 Å². The lowest BCUT2D eigenvalue weighted by molar-refractivity contribution is -0.128. The fourth-order valence-corrected chi connectivity index (χ4v) is 6.15. The van der Waals surface area contributed by atoms with E-state index in [0.717, 1.165) is 35.2 Å². The average molecular weight is 465 g/mol. The van der Waals surface area contributed by atoms with Crippen molar-refractivity contribution in [2.75, 3.05) is 42.8 Å². The van der Waals surface area contributed by atoms with Gasteiger partial charge in [0.1, 0.15) is 11.4 Å². The lowest BCUT2D eigenvalue weighted by atomic mass is 9.91. The van der Waals surface area contributed by atoms with Gasteiger partial charge in [-0.1, -0.05) is 31.4 Å². The van der Waals surface area contributed by atoms with E-state index in [0.29, 0.717) is 12.3 Å². The van der Waals surface area contributed by atoms with E-state index in [-0.39, 0.29) is 17.2 Å². The molecule has 1 heterocycles. The van der Waals surface area contributed by atoms with E-state index in [2.05, 4.69) is 16.0 Å². The Bertz CT molecular complexity index is 702. The molecule has 1 saturated heterocycles. The van der Waals surface area contributed by atoms with Crippen LogP contribution < -0.4 is 20.9 Å². The molecule has 2 fully saturated rings. The van der Waals surface area contributed by atoms with E-state index in [1.165, 1.54) is 32.1 Å². The van der Waals surface area contributed by atoms with Crippen molar-refractivity contribution in [1.29, 1.82) is 0 Å². The van der Waals surface area contributed by atoms with Crippen LogP contribution in [-0.4, -0.2) is 61.1 Å². The van der Waals surface area contributed by atoms with Crippen LogP contribution in [0.2, 0.25) is 0 Å². The molecule has 3 N–H and O–H groups in total. The van der Waals surface area contributed by atoms with Gasteiger partial charge in [0.15, 0.2) is 0 Å². The minimum atomic E-state index is -0.509. The summed E-state index contributed by atoms with van der Waals surface area (Å²) in [4.78, 5) is 27.6. The Labute approximate surface area is 195 Å². The van der Waals surface area contributed by atoms with Gasteiger partial charge in [0.2, 0.25) is 11.8 Å². The summed E-state index contributed by atoms with van der Waals surface area (Å²) in [5.41, 5.74) is 2.17. The van der Waals surface area contributed by atoms with E-state index in [9.17, 15) is 9.59 Å². The van der Waals surface area contributed by atoms with Gasteiger partial charge in [0, 0.05) is 44.4 Å². The molecule has 6 nitrogen and oxygen atoms in total. The molecule has 1 aliphatic carbocycles. The van der Waals surface area contributed by atoms with Crippen molar-refractivity contribution >= 4 is 41.0 Å². The molecule has 0 spiro atoms. The second-order valence-electron chi connectivity index (χ2n) is 8.59. The van der Waals surface area contributed by atoms with Crippen molar-refractivity contribution in [2.45, 2.75) is 50.1 Å². The number of nitrogens with one attached hydrogen (secondary N) is 3. The first-order valence-corrected chi connectivity index (χ1v) is 13.5. The third kappa shape index (κ3) is 7.91. The summed E-state index contributed by atoms with van der Waals surface area (Å²) >= 11 is 3.40. The van der Waals surface area contributed by atoms with Gasteiger partial charge >= 0.3 is 0 Å². The molecule has 2 atom stereocenters. The van der Waals surface area contributed by atoms with Crippen LogP contribution in [0.4, 0.5) is 5.69 Å². The number of rotatable bonds is 10. The molecular weight excluding hydrogens is 428 g/mol. The summed E-state index contributed by atoms with van der Waals surface area (Å²) in [5, 5.41) is 8.96. The molecule has 2 amide bonds. The van der Waals surface area contributed by atoms with Gasteiger partial charge in [-0.05, 0) is 42.2 Å². The highest BCUT2D eigenvalue weighted by molar-refractivity contribution is 8.00. The molecule has 172 valence electrons. The summed E-state index contributed by atoms with van der Waals surface area (Å²) in [6, 6.07) is 7.64. The predicted molar refractivity (Wildman–Crippen MR) is 133 cm³/mol. The van der Waals surface area contributed by atoms with Crippen molar-refractivity contribution in [3.05, 3.63) is 29.8 Å². The number of carbonyl (C=O) groups excluding carboxylic acids is 2. The number of thioether (sulfide) groups is 2. The lowest BCUT2D eigenvalue weighted by Gasteiger charge is -2.23. The van der Waals surface area contributed by atoms with Crippen molar-refractivity contribution in [3.8, 4) is 0 Å². The van der Waals surface area contributed by atoms with Crippen molar-refractivity contribution in [1.82, 2.24) is 16.0 Å². The Morgan fingerprint density at radius 3 is 2.58 bits per heavy atom. The third-order valence-electron chi connectivity index (χ3n) is 5.87. The molecule has 1 aliphatic heterocycles. The SMILES string of the molecule is CN(C)c1ccc(CNC(=O)[C@H](CSCC2CCCCC2)NC(=O)C2NCCS2)cc1. The third-order valence-corrected chi connectivity index (χ3v) is 8.30. The minimum Gasteiger partial charge on any atom is -0.378 e. The number of carbonyl (C=O) groups is 2. The van der Waals surface area contributed by atoms with Gasteiger partial charge in [-0.25, -0.2) is 0 Å². The highest BCUT2D eigenvalue weighted by Gasteiger charge is 2.28. The smallest absolute Gasteiger partial charge is 0.248 e. The molecule has 1 aromatic rings. The summed E-state index contributed by atoms with van der Waals surface area (Å²) < 4.78 is 0. The average Bonchev–Trinajstić information content (AvgIpc) is 3.33. The Kier molecular flexibility index (Phi) is 9.87. The molecule has 0 bridgehead atoms. The first-order valence-electron chi connectivity index (χ1n) is 11.3. The van der Waals surface area contributed by atoms with Crippen LogP contribution in [0.15, 0.2) is 24.3 Å².